The van der Waals surface area contributed by atoms with Gasteiger partial charge in [0.15, 0.2) is 0 Å². The predicted octanol–water partition coefficient (Wildman–Crippen LogP) is 8.92. The van der Waals surface area contributed by atoms with Gasteiger partial charge in [0.2, 0.25) is 0 Å². The minimum Gasteiger partial charge on any atom is -0.311 e. The van der Waals surface area contributed by atoms with Gasteiger partial charge in [-0.15, -0.1) is 0 Å². The van der Waals surface area contributed by atoms with E-state index in [0.29, 0.717) is 0 Å². The molecule has 0 aliphatic heterocycles. The first-order valence-corrected chi connectivity index (χ1v) is 12.0. The summed E-state index contributed by atoms with van der Waals surface area (Å²) in [6, 6.07) is 49.5. The van der Waals surface area contributed by atoms with Crippen molar-refractivity contribution in [3.05, 3.63) is 145 Å². The van der Waals surface area contributed by atoms with E-state index in [2.05, 4.69) is 102 Å². The quantitative estimate of drug-likeness (QED) is 0.231. The highest BCUT2D eigenvalue weighted by Gasteiger charge is 2.12. The molecule has 0 spiro atoms. The second-order valence-electron chi connectivity index (χ2n) is 8.53. The number of rotatable bonds is 6. The third-order valence-corrected chi connectivity index (χ3v) is 6.17. The molecule has 5 aromatic carbocycles. The van der Waals surface area contributed by atoms with E-state index in [0.717, 1.165) is 44.9 Å². The number of anilines is 3. The summed E-state index contributed by atoms with van der Waals surface area (Å²) in [5.41, 5.74) is 8.74. The van der Waals surface area contributed by atoms with Gasteiger partial charge >= 0.3 is 0 Å². The summed E-state index contributed by atoms with van der Waals surface area (Å²) in [7, 11) is 0. The average molecular weight is 474 g/mol. The molecule has 3 heteroatoms. The van der Waals surface area contributed by atoms with Crippen molar-refractivity contribution in [3.8, 4) is 34.4 Å². The molecule has 174 valence electrons. The normalized spacial score (nSPS) is 10.1. The van der Waals surface area contributed by atoms with Gasteiger partial charge in [-0.2, -0.15) is 10.5 Å². The molecule has 0 N–H and O–H groups in total. The molecular weight excluding hydrogens is 450 g/mol. The van der Waals surface area contributed by atoms with Gasteiger partial charge in [-0.3, -0.25) is 0 Å². The van der Waals surface area contributed by atoms with Crippen LogP contribution in [0.1, 0.15) is 5.56 Å². The molecule has 0 aromatic heterocycles. The van der Waals surface area contributed by atoms with Crippen LogP contribution in [-0.2, 0) is 0 Å². The lowest BCUT2D eigenvalue weighted by Gasteiger charge is -2.25. The van der Waals surface area contributed by atoms with Crippen LogP contribution in [0, 0.1) is 22.7 Å². The van der Waals surface area contributed by atoms with Crippen molar-refractivity contribution in [2.45, 2.75) is 0 Å². The molecule has 5 aromatic rings. The van der Waals surface area contributed by atoms with Crippen molar-refractivity contribution in [2.75, 3.05) is 4.90 Å². The average Bonchev–Trinajstić information content (AvgIpc) is 2.98. The Morgan fingerprint density at radius 1 is 0.459 bits per heavy atom. The van der Waals surface area contributed by atoms with Crippen LogP contribution >= 0.6 is 0 Å². The van der Waals surface area contributed by atoms with Crippen molar-refractivity contribution < 1.29 is 0 Å². The number of allylic oxidation sites excluding steroid dienone is 1. The van der Waals surface area contributed by atoms with Crippen molar-refractivity contribution in [2.24, 2.45) is 0 Å². The highest BCUT2D eigenvalue weighted by atomic mass is 15.1. The van der Waals surface area contributed by atoms with Gasteiger partial charge in [-0.25, -0.2) is 0 Å². The number of nitriles is 2. The molecule has 0 radical (unpaired) electrons. The fraction of sp³-hybridized carbons (Fsp3) is 0. The van der Waals surface area contributed by atoms with Crippen LogP contribution in [0.4, 0.5) is 17.1 Å². The Labute approximate surface area is 217 Å². The van der Waals surface area contributed by atoms with E-state index in [4.69, 9.17) is 10.5 Å². The first kappa shape index (κ1) is 23.4. The van der Waals surface area contributed by atoms with E-state index in [1.54, 1.807) is 6.08 Å². The van der Waals surface area contributed by atoms with Gasteiger partial charge in [0, 0.05) is 17.1 Å². The van der Waals surface area contributed by atoms with Crippen LogP contribution in [-0.4, -0.2) is 0 Å². The van der Waals surface area contributed by atoms with Crippen LogP contribution in [0.5, 0.6) is 0 Å². The Balaban J connectivity index is 1.38. The van der Waals surface area contributed by atoms with Gasteiger partial charge in [0.1, 0.15) is 17.7 Å². The third-order valence-electron chi connectivity index (χ3n) is 6.17. The van der Waals surface area contributed by atoms with Crippen LogP contribution in [0.2, 0.25) is 0 Å². The second kappa shape index (κ2) is 10.9. The lowest BCUT2D eigenvalue weighted by atomic mass is 9.99. The van der Waals surface area contributed by atoms with E-state index in [9.17, 15) is 0 Å². The number of hydrogen-bond donors (Lipinski definition) is 0. The Morgan fingerprint density at radius 3 is 1.22 bits per heavy atom. The lowest BCUT2D eigenvalue weighted by Crippen LogP contribution is -2.09. The van der Waals surface area contributed by atoms with Crippen LogP contribution < -0.4 is 4.90 Å². The minimum atomic E-state index is 0.0961. The Bertz CT molecular complexity index is 1530. The summed E-state index contributed by atoms with van der Waals surface area (Å²) in [4.78, 5) is 2.25. The maximum Gasteiger partial charge on any atom is 0.130 e. The summed E-state index contributed by atoms with van der Waals surface area (Å²) in [6.07, 6.45) is 1.59. The largest absolute Gasteiger partial charge is 0.311 e. The first-order chi connectivity index (χ1) is 18.2. The van der Waals surface area contributed by atoms with E-state index in [-0.39, 0.29) is 5.57 Å². The molecule has 0 aliphatic carbocycles. The van der Waals surface area contributed by atoms with E-state index in [1.165, 1.54) is 0 Å². The number of para-hydroxylation sites is 2. The Hall–Kier alpha value is -5.38. The van der Waals surface area contributed by atoms with E-state index >= 15 is 0 Å². The topological polar surface area (TPSA) is 50.8 Å². The fourth-order valence-corrected chi connectivity index (χ4v) is 4.29. The van der Waals surface area contributed by atoms with Crippen molar-refractivity contribution in [1.82, 2.24) is 0 Å². The zero-order valence-electron chi connectivity index (χ0n) is 20.1. The summed E-state index contributed by atoms with van der Waals surface area (Å²) in [6.45, 7) is 0. The standard InChI is InChI=1S/C34H23N3/c35-24-27(25-36)23-26-11-13-28(14-12-26)29-15-17-30(18-16-29)31-19-21-34(22-20-31)37(32-7-3-1-4-8-32)33-9-5-2-6-10-33/h1-23H. The second-order valence-corrected chi connectivity index (χ2v) is 8.53. The maximum absolute atomic E-state index is 8.94. The molecule has 0 amide bonds. The summed E-state index contributed by atoms with van der Waals surface area (Å²) < 4.78 is 0. The van der Waals surface area contributed by atoms with Crippen molar-refractivity contribution in [1.29, 1.82) is 10.5 Å². The summed E-state index contributed by atoms with van der Waals surface area (Å²) in [5.74, 6) is 0. The SMILES string of the molecule is N#CC(C#N)=Cc1ccc(-c2ccc(-c3ccc(N(c4ccccc4)c4ccccc4)cc3)cc2)cc1. The van der Waals surface area contributed by atoms with E-state index in [1.807, 2.05) is 48.5 Å². The van der Waals surface area contributed by atoms with Gasteiger partial charge in [0.25, 0.3) is 0 Å². The molecule has 0 fully saturated rings. The molecule has 0 bridgehead atoms. The van der Waals surface area contributed by atoms with Crippen molar-refractivity contribution in [3.63, 3.8) is 0 Å². The molecule has 0 saturated heterocycles. The fourth-order valence-electron chi connectivity index (χ4n) is 4.29. The molecule has 0 heterocycles. The highest BCUT2D eigenvalue weighted by molar-refractivity contribution is 5.79. The Morgan fingerprint density at radius 2 is 0.811 bits per heavy atom. The summed E-state index contributed by atoms with van der Waals surface area (Å²) >= 11 is 0. The maximum atomic E-state index is 8.94. The molecule has 5 rings (SSSR count). The van der Waals surface area contributed by atoms with Gasteiger partial charge in [-0.05, 0) is 70.3 Å². The lowest BCUT2D eigenvalue weighted by molar-refractivity contribution is 1.28. The first-order valence-electron chi connectivity index (χ1n) is 12.0. The molecule has 0 atom stereocenters. The predicted molar refractivity (Wildman–Crippen MR) is 151 cm³/mol. The molecular formula is C34H23N3. The van der Waals surface area contributed by atoms with Crippen molar-refractivity contribution >= 4 is 23.1 Å². The van der Waals surface area contributed by atoms with Crippen LogP contribution in [0.15, 0.2) is 139 Å². The molecule has 0 unspecified atom stereocenters. The smallest absolute Gasteiger partial charge is 0.130 e. The molecule has 0 saturated carbocycles. The number of benzene rings is 5. The summed E-state index contributed by atoms with van der Waals surface area (Å²) in [5, 5.41) is 17.9. The number of hydrogen-bond acceptors (Lipinski definition) is 3. The molecule has 37 heavy (non-hydrogen) atoms. The third kappa shape index (κ3) is 5.33. The Kier molecular flexibility index (Phi) is 6.89. The zero-order valence-corrected chi connectivity index (χ0v) is 20.1. The molecule has 3 nitrogen and oxygen atoms in total. The van der Waals surface area contributed by atoms with Crippen LogP contribution in [0.3, 0.4) is 0 Å². The minimum absolute atomic E-state index is 0.0961. The van der Waals surface area contributed by atoms with Gasteiger partial charge < -0.3 is 4.90 Å². The number of nitrogens with zero attached hydrogens (tertiary/aromatic N) is 3. The molecule has 0 aliphatic rings. The highest BCUT2D eigenvalue weighted by Crippen LogP contribution is 2.35. The van der Waals surface area contributed by atoms with E-state index < -0.39 is 0 Å². The van der Waals surface area contributed by atoms with Crippen LogP contribution in [0.25, 0.3) is 28.3 Å². The van der Waals surface area contributed by atoms with Gasteiger partial charge in [0.05, 0.1) is 0 Å². The van der Waals surface area contributed by atoms with Gasteiger partial charge in [-0.1, -0.05) is 97.1 Å². The zero-order chi connectivity index (χ0) is 25.5. The monoisotopic (exact) mass is 473 g/mol.